The number of rotatable bonds is 2. The van der Waals surface area contributed by atoms with E-state index in [0.29, 0.717) is 12.3 Å². The molecule has 1 aliphatic carbocycles. The Bertz CT molecular complexity index is 223. The van der Waals surface area contributed by atoms with Gasteiger partial charge in [-0.3, -0.25) is 10.2 Å². The lowest BCUT2D eigenvalue weighted by atomic mass is 9.96. The van der Waals surface area contributed by atoms with Crippen LogP contribution in [0, 0.1) is 5.92 Å². The van der Waals surface area contributed by atoms with E-state index < -0.39 is 6.03 Å². The lowest BCUT2D eigenvalue weighted by Gasteiger charge is -2.13. The molecule has 86 valence electrons. The van der Waals surface area contributed by atoms with Crippen molar-refractivity contribution >= 4 is 11.9 Å². The van der Waals surface area contributed by atoms with E-state index in [1.807, 2.05) is 0 Å². The number of carbonyl (C=O) groups excluding carboxylic acids is 2. The third-order valence-corrected chi connectivity index (χ3v) is 2.77. The highest BCUT2D eigenvalue weighted by Gasteiger charge is 2.15. The van der Waals surface area contributed by atoms with Crippen LogP contribution in [0.2, 0.25) is 0 Å². The normalized spacial score (nSPS) is 17.9. The maximum atomic E-state index is 11.3. The zero-order chi connectivity index (χ0) is 11.1. The van der Waals surface area contributed by atoms with E-state index in [0.717, 1.165) is 12.8 Å². The van der Waals surface area contributed by atoms with Crippen LogP contribution in [0.25, 0.3) is 0 Å². The first-order valence-corrected chi connectivity index (χ1v) is 5.53. The molecule has 1 rings (SSSR count). The quantitative estimate of drug-likeness (QED) is 0.473. The topological polar surface area (TPSA) is 84.2 Å². The average molecular weight is 213 g/mol. The van der Waals surface area contributed by atoms with Crippen molar-refractivity contribution in [2.45, 2.75) is 44.9 Å². The van der Waals surface area contributed by atoms with Gasteiger partial charge in [0.2, 0.25) is 5.91 Å². The molecule has 15 heavy (non-hydrogen) atoms. The molecule has 0 spiro atoms. The first kappa shape index (κ1) is 11.8. The van der Waals surface area contributed by atoms with Gasteiger partial charge in [0.05, 0.1) is 0 Å². The Hall–Kier alpha value is -1.26. The molecule has 5 heteroatoms. The van der Waals surface area contributed by atoms with Crippen molar-refractivity contribution in [2.24, 2.45) is 11.7 Å². The minimum absolute atomic E-state index is 0.152. The molecule has 0 aromatic carbocycles. The first-order valence-electron chi connectivity index (χ1n) is 5.53. The maximum Gasteiger partial charge on any atom is 0.330 e. The Labute approximate surface area is 89.8 Å². The van der Waals surface area contributed by atoms with Crippen LogP contribution in [0.4, 0.5) is 4.79 Å². The molecule has 0 aromatic heterocycles. The highest BCUT2D eigenvalue weighted by atomic mass is 16.2. The molecule has 1 saturated carbocycles. The minimum Gasteiger partial charge on any atom is -0.350 e. The van der Waals surface area contributed by atoms with Crippen LogP contribution >= 0.6 is 0 Å². The number of hydrogen-bond acceptors (Lipinski definition) is 2. The third-order valence-electron chi connectivity index (χ3n) is 2.77. The molecule has 1 aliphatic rings. The molecule has 0 aliphatic heterocycles. The summed E-state index contributed by atoms with van der Waals surface area (Å²) in [5, 5.41) is 0. The fraction of sp³-hybridized carbons (Fsp3) is 0.800. The van der Waals surface area contributed by atoms with E-state index in [9.17, 15) is 9.59 Å². The summed E-state index contributed by atoms with van der Waals surface area (Å²) >= 11 is 0. The molecule has 0 unspecified atom stereocenters. The third kappa shape index (κ3) is 5.24. The molecule has 1 fully saturated rings. The first-order chi connectivity index (χ1) is 7.18. The Morgan fingerprint density at radius 3 is 2.20 bits per heavy atom. The van der Waals surface area contributed by atoms with Crippen LogP contribution in [0.3, 0.4) is 0 Å². The number of hydrazine groups is 1. The zero-order valence-electron chi connectivity index (χ0n) is 8.92. The molecule has 0 heterocycles. The van der Waals surface area contributed by atoms with Crippen LogP contribution in [-0.2, 0) is 4.79 Å². The van der Waals surface area contributed by atoms with Crippen molar-refractivity contribution in [3.63, 3.8) is 0 Å². The second-order valence-corrected chi connectivity index (χ2v) is 4.10. The van der Waals surface area contributed by atoms with Gasteiger partial charge in [0, 0.05) is 6.42 Å². The molecule has 3 amide bonds. The molecule has 5 nitrogen and oxygen atoms in total. The molecule has 0 atom stereocenters. The van der Waals surface area contributed by atoms with Crippen LogP contribution in [0.15, 0.2) is 0 Å². The lowest BCUT2D eigenvalue weighted by molar-refractivity contribution is -0.122. The summed E-state index contributed by atoms with van der Waals surface area (Å²) in [7, 11) is 0. The number of nitrogens with one attached hydrogen (secondary N) is 2. The predicted octanol–water partition coefficient (Wildman–Crippen LogP) is 1.05. The highest BCUT2D eigenvalue weighted by molar-refractivity contribution is 5.80. The number of urea groups is 1. The Morgan fingerprint density at radius 1 is 1.07 bits per heavy atom. The lowest BCUT2D eigenvalue weighted by Crippen LogP contribution is -2.44. The van der Waals surface area contributed by atoms with E-state index >= 15 is 0 Å². The zero-order valence-corrected chi connectivity index (χ0v) is 8.92. The van der Waals surface area contributed by atoms with E-state index in [1.54, 1.807) is 0 Å². The van der Waals surface area contributed by atoms with Crippen molar-refractivity contribution in [1.29, 1.82) is 0 Å². The van der Waals surface area contributed by atoms with Gasteiger partial charge < -0.3 is 5.73 Å². The molecule has 0 bridgehead atoms. The van der Waals surface area contributed by atoms with Gasteiger partial charge in [-0.15, -0.1) is 0 Å². The number of hydrogen-bond donors (Lipinski definition) is 3. The van der Waals surface area contributed by atoms with E-state index in [1.165, 1.54) is 25.7 Å². The van der Waals surface area contributed by atoms with E-state index in [2.05, 4.69) is 10.9 Å². The molecule has 0 radical (unpaired) electrons. The van der Waals surface area contributed by atoms with Crippen LogP contribution < -0.4 is 16.6 Å². The van der Waals surface area contributed by atoms with E-state index in [4.69, 9.17) is 5.73 Å². The monoisotopic (exact) mass is 213 g/mol. The number of nitrogens with two attached hydrogens (primary N) is 1. The summed E-state index contributed by atoms with van der Waals surface area (Å²) in [6, 6.07) is -0.732. The summed E-state index contributed by atoms with van der Waals surface area (Å²) in [5.41, 5.74) is 9.21. The van der Waals surface area contributed by atoms with Gasteiger partial charge in [-0.2, -0.15) is 0 Å². The van der Waals surface area contributed by atoms with Crippen molar-refractivity contribution in [2.75, 3.05) is 0 Å². The van der Waals surface area contributed by atoms with Crippen LogP contribution in [-0.4, -0.2) is 11.9 Å². The average Bonchev–Trinajstić information content (AvgIpc) is 2.43. The smallest absolute Gasteiger partial charge is 0.330 e. The Balaban J connectivity index is 2.20. The van der Waals surface area contributed by atoms with E-state index in [-0.39, 0.29) is 5.91 Å². The molecule has 0 saturated heterocycles. The van der Waals surface area contributed by atoms with Gasteiger partial charge in [0.25, 0.3) is 0 Å². The summed E-state index contributed by atoms with van der Waals surface area (Å²) in [5.74, 6) is 0.308. The summed E-state index contributed by atoms with van der Waals surface area (Å²) < 4.78 is 0. The van der Waals surface area contributed by atoms with Gasteiger partial charge >= 0.3 is 6.03 Å². The summed E-state index contributed by atoms with van der Waals surface area (Å²) in [6.45, 7) is 0. The Kier molecular flexibility index (Phi) is 4.93. The molecular formula is C10H19N3O2. The van der Waals surface area contributed by atoms with Crippen molar-refractivity contribution in [1.82, 2.24) is 10.9 Å². The highest BCUT2D eigenvalue weighted by Crippen LogP contribution is 2.24. The largest absolute Gasteiger partial charge is 0.350 e. The van der Waals surface area contributed by atoms with Gasteiger partial charge in [0.15, 0.2) is 0 Å². The van der Waals surface area contributed by atoms with Crippen LogP contribution in [0.5, 0.6) is 0 Å². The molecule has 4 N–H and O–H groups in total. The maximum absolute atomic E-state index is 11.3. The summed E-state index contributed by atoms with van der Waals surface area (Å²) in [6.07, 6.45) is 7.69. The van der Waals surface area contributed by atoms with Crippen molar-refractivity contribution in [3.8, 4) is 0 Å². The molecule has 0 aromatic rings. The standard InChI is InChI=1S/C10H19N3O2/c11-10(15)13-12-9(14)7-8-5-3-1-2-4-6-8/h8H,1-7H2,(H,12,14)(H3,11,13,15). The fourth-order valence-electron chi connectivity index (χ4n) is 2.01. The van der Waals surface area contributed by atoms with Gasteiger partial charge in [-0.1, -0.05) is 25.7 Å². The Morgan fingerprint density at radius 2 is 1.67 bits per heavy atom. The minimum atomic E-state index is -0.732. The predicted molar refractivity (Wildman–Crippen MR) is 56.7 cm³/mol. The fourth-order valence-corrected chi connectivity index (χ4v) is 2.01. The number of carbonyl (C=O) groups is 2. The van der Waals surface area contributed by atoms with Crippen LogP contribution in [0.1, 0.15) is 44.9 Å². The summed E-state index contributed by atoms with van der Waals surface area (Å²) in [4.78, 5) is 21.7. The van der Waals surface area contributed by atoms with Gasteiger partial charge in [-0.05, 0) is 18.8 Å². The SMILES string of the molecule is NC(=O)NNC(=O)CC1CCCCCC1. The second kappa shape index (κ2) is 6.27. The molecular weight excluding hydrogens is 194 g/mol. The van der Waals surface area contributed by atoms with Gasteiger partial charge in [-0.25, -0.2) is 10.2 Å². The number of amides is 3. The number of primary amides is 1. The second-order valence-electron chi connectivity index (χ2n) is 4.10. The van der Waals surface area contributed by atoms with Crippen molar-refractivity contribution in [3.05, 3.63) is 0 Å². The van der Waals surface area contributed by atoms with Crippen molar-refractivity contribution < 1.29 is 9.59 Å². The van der Waals surface area contributed by atoms with Gasteiger partial charge in [0.1, 0.15) is 0 Å².